The van der Waals surface area contributed by atoms with E-state index in [2.05, 4.69) is 4.90 Å². The molecule has 1 fully saturated rings. The molecule has 0 amide bonds. The fraction of sp³-hybridized carbons (Fsp3) is 0.462. The second-order valence-corrected chi connectivity index (χ2v) is 6.08. The van der Waals surface area contributed by atoms with Gasteiger partial charge in [-0.1, -0.05) is 11.6 Å². The van der Waals surface area contributed by atoms with E-state index in [0.717, 1.165) is 17.9 Å². The van der Waals surface area contributed by atoms with Crippen molar-refractivity contribution in [1.82, 2.24) is 0 Å². The Balaban J connectivity index is 2.44. The van der Waals surface area contributed by atoms with Crippen molar-refractivity contribution >= 4 is 40.7 Å². The third-order valence-corrected chi connectivity index (χ3v) is 4.73. The van der Waals surface area contributed by atoms with Gasteiger partial charge < -0.3 is 15.4 Å². The predicted molar refractivity (Wildman–Crippen MR) is 81.3 cm³/mol. The number of carbonyl (C=O) groups is 1. The molecular formula is C13H17ClN2O2S. The summed E-state index contributed by atoms with van der Waals surface area (Å²) in [6, 6.07) is 3.67. The zero-order valence-electron chi connectivity index (χ0n) is 11.0. The highest BCUT2D eigenvalue weighted by Gasteiger charge is 2.26. The third-order valence-electron chi connectivity index (χ3n) is 3.30. The van der Waals surface area contributed by atoms with Crippen molar-refractivity contribution in [2.45, 2.75) is 12.5 Å². The van der Waals surface area contributed by atoms with Crippen LogP contribution in [0.15, 0.2) is 12.1 Å². The van der Waals surface area contributed by atoms with E-state index in [0.29, 0.717) is 28.0 Å². The molecule has 0 aliphatic carbocycles. The summed E-state index contributed by atoms with van der Waals surface area (Å²) in [5, 5.41) is 0.486. The van der Waals surface area contributed by atoms with Gasteiger partial charge in [0, 0.05) is 24.5 Å². The Morgan fingerprint density at radius 3 is 2.89 bits per heavy atom. The van der Waals surface area contributed by atoms with Crippen LogP contribution in [0, 0.1) is 0 Å². The quantitative estimate of drug-likeness (QED) is 0.687. The van der Waals surface area contributed by atoms with Gasteiger partial charge >= 0.3 is 5.97 Å². The summed E-state index contributed by atoms with van der Waals surface area (Å²) < 4.78 is 4.81. The Morgan fingerprint density at radius 2 is 2.32 bits per heavy atom. The summed E-state index contributed by atoms with van der Waals surface area (Å²) in [7, 11) is 3.31. The van der Waals surface area contributed by atoms with Gasteiger partial charge in [0.15, 0.2) is 0 Å². The first-order valence-corrected chi connectivity index (χ1v) is 7.55. The first-order chi connectivity index (χ1) is 9.04. The lowest BCUT2D eigenvalue weighted by atomic mass is 10.1. The molecule has 4 nitrogen and oxygen atoms in total. The summed E-state index contributed by atoms with van der Waals surface area (Å²) >= 11 is 8.18. The largest absolute Gasteiger partial charge is 0.465 e. The van der Waals surface area contributed by atoms with Crippen molar-refractivity contribution in [3.63, 3.8) is 0 Å². The minimum Gasteiger partial charge on any atom is -0.465 e. The molecule has 6 heteroatoms. The number of rotatable bonds is 3. The van der Waals surface area contributed by atoms with Gasteiger partial charge in [-0.3, -0.25) is 0 Å². The van der Waals surface area contributed by atoms with Crippen LogP contribution in [-0.2, 0) is 4.74 Å². The zero-order chi connectivity index (χ0) is 14.0. The Bertz CT molecular complexity index is 490. The van der Waals surface area contributed by atoms with Crippen molar-refractivity contribution in [1.29, 1.82) is 0 Å². The maximum Gasteiger partial charge on any atom is 0.340 e. The van der Waals surface area contributed by atoms with E-state index in [-0.39, 0.29) is 0 Å². The molecule has 0 bridgehead atoms. The van der Waals surface area contributed by atoms with E-state index >= 15 is 0 Å². The Labute approximate surface area is 122 Å². The molecule has 1 aliphatic heterocycles. The van der Waals surface area contributed by atoms with Gasteiger partial charge in [0.2, 0.25) is 0 Å². The number of nitrogens with two attached hydrogens (primary N) is 1. The van der Waals surface area contributed by atoms with Crippen molar-refractivity contribution in [2.24, 2.45) is 0 Å². The molecule has 1 heterocycles. The lowest BCUT2D eigenvalue weighted by molar-refractivity contribution is 0.0601. The number of nitrogen functional groups attached to an aromatic ring is 1. The van der Waals surface area contributed by atoms with Crippen LogP contribution in [0.25, 0.3) is 0 Å². The molecule has 0 saturated carbocycles. The van der Waals surface area contributed by atoms with E-state index in [1.807, 2.05) is 18.8 Å². The number of halogens is 1. The Morgan fingerprint density at radius 1 is 1.58 bits per heavy atom. The van der Waals surface area contributed by atoms with E-state index in [1.54, 1.807) is 12.1 Å². The van der Waals surface area contributed by atoms with Crippen molar-refractivity contribution in [2.75, 3.05) is 36.3 Å². The number of hydrogen-bond donors (Lipinski definition) is 1. The SMILES string of the molecule is COC(=O)c1cc(N)cc(Cl)c1N(C)C1CCSC1. The van der Waals surface area contributed by atoms with Gasteiger partial charge in [-0.15, -0.1) is 0 Å². The fourth-order valence-electron chi connectivity index (χ4n) is 2.25. The van der Waals surface area contributed by atoms with Crippen LogP contribution in [0.2, 0.25) is 5.02 Å². The van der Waals surface area contributed by atoms with Crippen molar-refractivity contribution in [3.05, 3.63) is 22.7 Å². The van der Waals surface area contributed by atoms with Gasteiger partial charge in [-0.25, -0.2) is 4.79 Å². The molecule has 1 aromatic rings. The van der Waals surface area contributed by atoms with Crippen LogP contribution in [0.1, 0.15) is 16.8 Å². The first-order valence-electron chi connectivity index (χ1n) is 6.02. The standard InChI is InChI=1S/C13H17ClN2O2S/c1-16(9-3-4-19-7-9)12-10(13(17)18-2)5-8(15)6-11(12)14/h5-6,9H,3-4,7,15H2,1-2H3. The molecule has 0 spiro atoms. The second-order valence-electron chi connectivity index (χ2n) is 4.52. The van der Waals surface area contributed by atoms with E-state index < -0.39 is 5.97 Å². The van der Waals surface area contributed by atoms with Crippen LogP contribution in [-0.4, -0.2) is 37.7 Å². The van der Waals surface area contributed by atoms with Gasteiger partial charge in [0.25, 0.3) is 0 Å². The van der Waals surface area contributed by atoms with E-state index in [1.165, 1.54) is 7.11 Å². The van der Waals surface area contributed by atoms with Crippen LogP contribution in [0.5, 0.6) is 0 Å². The molecule has 2 rings (SSSR count). The van der Waals surface area contributed by atoms with Crippen molar-refractivity contribution < 1.29 is 9.53 Å². The molecule has 0 radical (unpaired) electrons. The molecule has 1 aromatic carbocycles. The number of methoxy groups -OCH3 is 1. The zero-order valence-corrected chi connectivity index (χ0v) is 12.6. The van der Waals surface area contributed by atoms with Gasteiger partial charge in [0.1, 0.15) is 0 Å². The third kappa shape index (κ3) is 2.92. The number of esters is 1. The topological polar surface area (TPSA) is 55.6 Å². The normalized spacial score (nSPS) is 18.4. The van der Waals surface area contributed by atoms with Crippen LogP contribution in [0.4, 0.5) is 11.4 Å². The highest BCUT2D eigenvalue weighted by atomic mass is 35.5. The van der Waals surface area contributed by atoms with Crippen LogP contribution < -0.4 is 10.6 Å². The number of carbonyl (C=O) groups excluding carboxylic acids is 1. The highest BCUT2D eigenvalue weighted by Crippen LogP contribution is 2.36. The molecule has 1 saturated heterocycles. The summed E-state index contributed by atoms with van der Waals surface area (Å²) in [5.41, 5.74) is 7.35. The molecule has 1 unspecified atom stereocenters. The monoisotopic (exact) mass is 300 g/mol. The van der Waals surface area contributed by atoms with Gasteiger partial charge in [-0.05, 0) is 24.3 Å². The van der Waals surface area contributed by atoms with E-state index in [9.17, 15) is 4.79 Å². The predicted octanol–water partition coefficient (Wildman–Crippen LogP) is 2.65. The average Bonchev–Trinajstić information content (AvgIpc) is 2.90. The van der Waals surface area contributed by atoms with E-state index in [4.69, 9.17) is 22.1 Å². The molecule has 2 N–H and O–H groups in total. The summed E-state index contributed by atoms with van der Waals surface area (Å²) in [6.45, 7) is 0. The number of nitrogens with zero attached hydrogens (tertiary/aromatic N) is 1. The van der Waals surface area contributed by atoms with Crippen LogP contribution in [0.3, 0.4) is 0 Å². The number of anilines is 2. The first kappa shape index (κ1) is 14.3. The molecule has 1 atom stereocenters. The molecule has 104 valence electrons. The summed E-state index contributed by atoms with van der Waals surface area (Å²) in [5.74, 6) is 1.76. The lowest BCUT2D eigenvalue weighted by Gasteiger charge is -2.28. The molecular weight excluding hydrogens is 284 g/mol. The second kappa shape index (κ2) is 5.92. The molecule has 1 aliphatic rings. The minimum atomic E-state index is -0.415. The van der Waals surface area contributed by atoms with Crippen molar-refractivity contribution in [3.8, 4) is 0 Å². The summed E-state index contributed by atoms with van der Waals surface area (Å²) in [4.78, 5) is 14.0. The van der Waals surface area contributed by atoms with Gasteiger partial charge in [-0.2, -0.15) is 11.8 Å². The minimum absolute atomic E-state index is 0.384. The highest BCUT2D eigenvalue weighted by molar-refractivity contribution is 7.99. The lowest BCUT2D eigenvalue weighted by Crippen LogP contribution is -2.33. The van der Waals surface area contributed by atoms with Crippen LogP contribution >= 0.6 is 23.4 Å². The maximum absolute atomic E-state index is 11.9. The fourth-order valence-corrected chi connectivity index (χ4v) is 3.88. The number of hydrogen-bond acceptors (Lipinski definition) is 5. The number of thioether (sulfide) groups is 1. The number of benzene rings is 1. The summed E-state index contributed by atoms with van der Waals surface area (Å²) in [6.07, 6.45) is 1.09. The van der Waals surface area contributed by atoms with Gasteiger partial charge in [0.05, 0.1) is 23.4 Å². The molecule has 0 aromatic heterocycles. The number of ether oxygens (including phenoxy) is 1. The maximum atomic E-state index is 11.9. The average molecular weight is 301 g/mol. The molecule has 19 heavy (non-hydrogen) atoms. The Hall–Kier alpha value is -1.07. The smallest absolute Gasteiger partial charge is 0.340 e. The Kier molecular flexibility index (Phi) is 4.47.